The number of nitrogens with zero attached hydrogens (tertiary/aromatic N) is 6. The van der Waals surface area contributed by atoms with Crippen LogP contribution in [-0.2, 0) is 16.1 Å². The molecule has 2 unspecified atom stereocenters. The first-order valence-corrected chi connectivity index (χ1v) is 16.0. The predicted octanol–water partition coefficient (Wildman–Crippen LogP) is 5.84. The smallest absolute Gasteiger partial charge is 0.410 e. The molecule has 1 aromatic heterocycles. The van der Waals surface area contributed by atoms with Gasteiger partial charge in [0, 0.05) is 37.7 Å². The predicted molar refractivity (Wildman–Crippen MR) is 179 cm³/mol. The highest BCUT2D eigenvalue weighted by Crippen LogP contribution is 2.43. The molecule has 15 heteroatoms. The topological polar surface area (TPSA) is 132 Å². The minimum atomic E-state index is -1.12. The van der Waals surface area contributed by atoms with Crippen LogP contribution < -0.4 is 9.64 Å². The van der Waals surface area contributed by atoms with Crippen LogP contribution in [0.4, 0.5) is 19.4 Å². The van der Waals surface area contributed by atoms with Crippen molar-refractivity contribution in [3.8, 4) is 22.9 Å². The Hall–Kier alpha value is -4.77. The molecule has 0 bridgehead atoms. The number of hydrogen-bond donors (Lipinski definition) is 1. The highest BCUT2D eigenvalue weighted by Gasteiger charge is 2.43. The van der Waals surface area contributed by atoms with Gasteiger partial charge in [-0.25, -0.2) is 18.6 Å². The molecule has 1 aliphatic rings. The number of piperazine rings is 1. The van der Waals surface area contributed by atoms with Gasteiger partial charge in [0.05, 0.1) is 42.8 Å². The summed E-state index contributed by atoms with van der Waals surface area (Å²) in [5.41, 5.74) is -0.0902. The van der Waals surface area contributed by atoms with Gasteiger partial charge in [0.1, 0.15) is 35.6 Å². The fourth-order valence-corrected chi connectivity index (χ4v) is 6.28. The Bertz CT molecular complexity index is 1900. The first-order valence-electron chi connectivity index (χ1n) is 15.2. The molecule has 2 atom stereocenters. The summed E-state index contributed by atoms with van der Waals surface area (Å²) in [5.74, 6) is -2.20. The van der Waals surface area contributed by atoms with E-state index in [1.807, 2.05) is 6.07 Å². The molecule has 256 valence electrons. The fraction of sp³-hybridized carbons (Fsp3) is 0.324. The first-order chi connectivity index (χ1) is 23.6. The molecule has 11 nitrogen and oxygen atoms in total. The highest BCUT2D eigenvalue weighted by atomic mass is 35.5. The average molecular weight is 714 g/mol. The molecule has 0 saturated carbocycles. The molecular formula is C34H32Cl2F2N6O5. The van der Waals surface area contributed by atoms with Gasteiger partial charge >= 0.3 is 6.09 Å². The molecule has 0 spiro atoms. The molecule has 0 radical (unpaired) electrons. The average Bonchev–Trinajstić information content (AvgIpc) is 3.10. The molecule has 49 heavy (non-hydrogen) atoms. The van der Waals surface area contributed by atoms with Crippen molar-refractivity contribution in [3.05, 3.63) is 82.1 Å². The van der Waals surface area contributed by atoms with Crippen molar-refractivity contribution in [2.45, 2.75) is 31.5 Å². The number of aliphatic hydroxyl groups is 1. The van der Waals surface area contributed by atoms with Gasteiger partial charge in [-0.15, -0.1) is 0 Å². The number of carbonyl (C=O) groups excluding carboxylic acids is 2. The number of nitriles is 1. The minimum Gasteiger partial charge on any atom is -0.496 e. The Morgan fingerprint density at radius 2 is 1.86 bits per heavy atom. The molecule has 2 amide bonds. The highest BCUT2D eigenvalue weighted by molar-refractivity contribution is 6.35. The molecule has 3 aromatic carbocycles. The summed E-state index contributed by atoms with van der Waals surface area (Å²) in [5, 5.41) is 18.6. The summed E-state index contributed by atoms with van der Waals surface area (Å²) in [7, 11) is 2.86. The van der Waals surface area contributed by atoms with Crippen LogP contribution in [0.15, 0.2) is 54.6 Å². The Morgan fingerprint density at radius 1 is 1.10 bits per heavy atom. The van der Waals surface area contributed by atoms with Crippen LogP contribution in [0.1, 0.15) is 18.4 Å². The molecule has 1 N–H and O–H groups in total. The lowest BCUT2D eigenvalue weighted by atomic mass is 9.99. The lowest BCUT2D eigenvalue weighted by molar-refractivity contribution is -0.132. The summed E-state index contributed by atoms with van der Waals surface area (Å²) in [6.45, 7) is -0.339. The number of carbonyl (C=O) groups is 2. The van der Waals surface area contributed by atoms with Crippen molar-refractivity contribution in [1.29, 1.82) is 5.26 Å². The molecule has 5 rings (SSSR count). The third-order valence-corrected chi connectivity index (χ3v) is 8.69. The van der Waals surface area contributed by atoms with Crippen LogP contribution in [0.3, 0.4) is 0 Å². The van der Waals surface area contributed by atoms with Crippen LogP contribution in [0.2, 0.25) is 10.3 Å². The van der Waals surface area contributed by atoms with E-state index in [-0.39, 0.29) is 83.2 Å². The Balaban J connectivity index is 1.62. The van der Waals surface area contributed by atoms with Crippen molar-refractivity contribution in [1.82, 2.24) is 19.8 Å². The van der Waals surface area contributed by atoms with Gasteiger partial charge in [-0.2, -0.15) is 10.2 Å². The Morgan fingerprint density at radius 3 is 2.55 bits per heavy atom. The van der Waals surface area contributed by atoms with Gasteiger partial charge in [-0.1, -0.05) is 48.0 Å². The normalized spacial score (nSPS) is 16.0. The van der Waals surface area contributed by atoms with Crippen molar-refractivity contribution in [2.75, 3.05) is 45.3 Å². The zero-order valence-electron chi connectivity index (χ0n) is 26.6. The standard InChI is InChI=1S/C34H32Cl2F2N6O5/c1-42(14-7-15-45)32(46)25-18-43(34(47)49-19-20-8-4-3-5-9-20)21(12-13-39)17-44(25)31-22-16-23(35)27(29(38)30(22)40-33(36)41-31)28-24(37)10-6-11-26(28)48-2/h3-6,8-11,16,21,25,45H,7,12,14-15,17-19H2,1-2H3. The molecule has 1 saturated heterocycles. The number of aromatic nitrogens is 2. The van der Waals surface area contributed by atoms with E-state index in [4.69, 9.17) is 32.7 Å². The number of anilines is 1. The lowest BCUT2D eigenvalue weighted by Crippen LogP contribution is -2.64. The second-order valence-corrected chi connectivity index (χ2v) is 12.0. The number of amides is 2. The number of hydrogen-bond acceptors (Lipinski definition) is 9. The van der Waals surface area contributed by atoms with Crippen LogP contribution in [0.5, 0.6) is 5.75 Å². The van der Waals surface area contributed by atoms with Gasteiger partial charge in [-0.05, 0) is 41.8 Å². The second kappa shape index (κ2) is 15.6. The SMILES string of the molecule is COc1cccc(F)c1-c1c(Cl)cc2c(N3CC(CC#N)N(C(=O)OCc4ccccc4)CC3C(=O)N(C)CCCO)nc(Cl)nc2c1F. The van der Waals surface area contributed by atoms with Crippen molar-refractivity contribution >= 4 is 51.9 Å². The van der Waals surface area contributed by atoms with Crippen LogP contribution in [0, 0.1) is 23.0 Å². The quantitative estimate of drug-likeness (QED) is 0.201. The molecule has 0 aliphatic carbocycles. The summed E-state index contributed by atoms with van der Waals surface area (Å²) >= 11 is 13.0. The number of methoxy groups -OCH3 is 1. The molecular weight excluding hydrogens is 681 g/mol. The van der Waals surface area contributed by atoms with Crippen molar-refractivity contribution in [3.63, 3.8) is 0 Å². The largest absolute Gasteiger partial charge is 0.496 e. The minimum absolute atomic E-state index is 0.0111. The lowest BCUT2D eigenvalue weighted by Gasteiger charge is -2.46. The van der Waals surface area contributed by atoms with Gasteiger partial charge in [0.2, 0.25) is 11.2 Å². The Labute approximate surface area is 291 Å². The van der Waals surface area contributed by atoms with E-state index in [2.05, 4.69) is 16.0 Å². The van der Waals surface area contributed by atoms with E-state index in [0.29, 0.717) is 6.42 Å². The van der Waals surface area contributed by atoms with E-state index in [9.17, 15) is 20.0 Å². The van der Waals surface area contributed by atoms with E-state index in [1.54, 1.807) is 31.3 Å². The van der Waals surface area contributed by atoms with Gasteiger partial charge in [0.25, 0.3) is 0 Å². The van der Waals surface area contributed by atoms with Gasteiger partial charge in [-0.3, -0.25) is 9.69 Å². The van der Waals surface area contributed by atoms with Crippen LogP contribution in [-0.4, -0.2) is 89.4 Å². The monoisotopic (exact) mass is 712 g/mol. The number of aliphatic hydroxyl groups excluding tert-OH is 1. The summed E-state index contributed by atoms with van der Waals surface area (Å²) in [6.07, 6.45) is -0.579. The van der Waals surface area contributed by atoms with E-state index in [0.717, 1.165) is 11.6 Å². The number of likely N-dealkylation sites (N-methyl/N-ethyl adjacent to an activating group) is 1. The summed E-state index contributed by atoms with van der Waals surface area (Å²) in [6, 6.07) is 14.6. The van der Waals surface area contributed by atoms with Gasteiger partial charge in [0.15, 0.2) is 5.82 Å². The summed E-state index contributed by atoms with van der Waals surface area (Å²) in [4.78, 5) is 40.3. The third-order valence-electron chi connectivity index (χ3n) is 8.23. The number of halogens is 4. The van der Waals surface area contributed by atoms with Crippen LogP contribution in [0.25, 0.3) is 22.0 Å². The van der Waals surface area contributed by atoms with Gasteiger partial charge < -0.3 is 24.4 Å². The fourth-order valence-electron chi connectivity index (χ4n) is 5.83. The number of ether oxygens (including phenoxy) is 2. The first kappa shape index (κ1) is 35.5. The maximum absolute atomic E-state index is 16.5. The van der Waals surface area contributed by atoms with Crippen molar-refractivity contribution in [2.24, 2.45) is 0 Å². The van der Waals surface area contributed by atoms with Crippen LogP contribution >= 0.6 is 23.2 Å². The van der Waals surface area contributed by atoms with E-state index < -0.39 is 35.7 Å². The zero-order valence-corrected chi connectivity index (χ0v) is 28.1. The number of benzene rings is 3. The maximum atomic E-state index is 16.5. The molecule has 4 aromatic rings. The second-order valence-electron chi connectivity index (χ2n) is 11.3. The van der Waals surface area contributed by atoms with E-state index in [1.165, 1.54) is 40.0 Å². The zero-order chi connectivity index (χ0) is 35.2. The maximum Gasteiger partial charge on any atom is 0.410 e. The Kier molecular flexibility index (Phi) is 11.3. The number of rotatable bonds is 10. The number of fused-ring (bicyclic) bond motifs is 1. The molecule has 1 fully saturated rings. The summed E-state index contributed by atoms with van der Waals surface area (Å²) < 4.78 is 42.4. The van der Waals surface area contributed by atoms with E-state index >= 15 is 8.78 Å². The third kappa shape index (κ3) is 7.46. The van der Waals surface area contributed by atoms with Crippen molar-refractivity contribution < 1.29 is 33.0 Å². The molecule has 1 aliphatic heterocycles. The molecule has 2 heterocycles.